The topological polar surface area (TPSA) is 114 Å². The molecule has 5 rings (SSSR count). The van der Waals surface area contributed by atoms with Crippen molar-refractivity contribution < 1.29 is 33.8 Å². The van der Waals surface area contributed by atoms with Gasteiger partial charge in [-0.25, -0.2) is 4.98 Å². The number of aromatic nitrogens is 1. The number of amides is 1. The summed E-state index contributed by atoms with van der Waals surface area (Å²) in [6.07, 6.45) is 5.02. The Bertz CT molecular complexity index is 1460. The summed E-state index contributed by atoms with van der Waals surface area (Å²) in [5, 5.41) is 19.9. The van der Waals surface area contributed by atoms with E-state index in [4.69, 9.17) is 23.8 Å². The maximum atomic E-state index is 11.8. The summed E-state index contributed by atoms with van der Waals surface area (Å²) in [6.45, 7) is 6.47. The number of likely N-dealkylation sites (tertiary alicyclic amines) is 1. The number of aliphatic hydroxyl groups is 2. The van der Waals surface area contributed by atoms with Gasteiger partial charge >= 0.3 is 7.12 Å². The molecule has 0 bridgehead atoms. The third kappa shape index (κ3) is 7.74. The molecule has 2 aromatic carbocycles. The van der Waals surface area contributed by atoms with E-state index < -0.39 is 7.12 Å². The Hall–Kier alpha value is -4.80. The van der Waals surface area contributed by atoms with Crippen molar-refractivity contribution in [3.05, 3.63) is 95.7 Å². The molecule has 0 radical (unpaired) electrons. The highest BCUT2D eigenvalue weighted by atomic mass is 16.7. The lowest BCUT2D eigenvalue weighted by molar-refractivity contribution is -0.127. The van der Waals surface area contributed by atoms with Crippen LogP contribution in [0.1, 0.15) is 36.1 Å². The highest BCUT2D eigenvalue weighted by Crippen LogP contribution is 2.30. The minimum atomic E-state index is -1.02. The van der Waals surface area contributed by atoms with Crippen molar-refractivity contribution in [1.29, 1.82) is 0 Å². The number of pyridine rings is 1. The van der Waals surface area contributed by atoms with Crippen molar-refractivity contribution in [2.75, 3.05) is 26.7 Å². The fraction of sp³-hybridized carbons (Fsp3) is 0.312. The molecule has 1 saturated heterocycles. The highest BCUT2D eigenvalue weighted by molar-refractivity contribution is 6.61. The van der Waals surface area contributed by atoms with Gasteiger partial charge in [0.05, 0.1) is 19.0 Å². The van der Waals surface area contributed by atoms with Crippen LogP contribution in [0.15, 0.2) is 78.9 Å². The number of aryl methyl sites for hydroxylation is 2. The van der Waals surface area contributed by atoms with Crippen molar-refractivity contribution in [2.24, 2.45) is 0 Å². The van der Waals surface area contributed by atoms with Crippen LogP contribution in [0.5, 0.6) is 11.6 Å². The van der Waals surface area contributed by atoms with Crippen LogP contribution in [0, 0.1) is 13.8 Å². The maximum absolute atomic E-state index is 11.8. The number of hydrogen-bond acceptors (Lipinski definition) is 9. The van der Waals surface area contributed by atoms with Gasteiger partial charge in [0.15, 0.2) is 0 Å². The van der Waals surface area contributed by atoms with Crippen molar-refractivity contribution >= 4 is 18.5 Å². The first kappa shape index (κ1) is 29.7. The molecule has 3 aromatic rings. The van der Waals surface area contributed by atoms with Crippen LogP contribution in [0.2, 0.25) is 0 Å². The minimum absolute atomic E-state index is 0.234. The minimum Gasteiger partial charge on any atom is -0.494 e. The Morgan fingerprint density at radius 2 is 1.74 bits per heavy atom. The predicted octanol–water partition coefficient (Wildman–Crippen LogP) is 4.72. The number of hydrogen-bond donors (Lipinski definition) is 2. The standard InChI is InChI=1S/C32H36BN3O7/c1-22-17-28(40-16-6-15-36-14-5-9-29(36)37)34-23(2)32(22)25-8-4-7-24(18-25)21-41-27-12-10-26(11-13-27)33-42-30(38)19-35(3)20-31(39)43-33/h4,7-8,10-13,17-20,38-39H,5-6,9,14-16,21H2,1-3H3/b30-19-,31-20?. The van der Waals surface area contributed by atoms with Crippen molar-refractivity contribution in [3.63, 3.8) is 0 Å². The summed E-state index contributed by atoms with van der Waals surface area (Å²) >= 11 is 0. The second kappa shape index (κ2) is 13.5. The zero-order valence-electron chi connectivity index (χ0n) is 24.7. The molecule has 10 nitrogen and oxygen atoms in total. The third-order valence-corrected chi connectivity index (χ3v) is 7.22. The average Bonchev–Trinajstić information content (AvgIpc) is 3.37. The van der Waals surface area contributed by atoms with Crippen LogP contribution in [0.25, 0.3) is 11.1 Å². The lowest BCUT2D eigenvalue weighted by atomic mass is 9.79. The van der Waals surface area contributed by atoms with Gasteiger partial charge in [0, 0.05) is 49.3 Å². The van der Waals surface area contributed by atoms with Crippen LogP contribution in [0.3, 0.4) is 0 Å². The molecule has 1 fully saturated rings. The summed E-state index contributed by atoms with van der Waals surface area (Å²) < 4.78 is 22.8. The molecule has 43 heavy (non-hydrogen) atoms. The van der Waals surface area contributed by atoms with Gasteiger partial charge in [-0.2, -0.15) is 0 Å². The van der Waals surface area contributed by atoms with Crippen molar-refractivity contribution in [3.8, 4) is 22.8 Å². The van der Waals surface area contributed by atoms with Crippen LogP contribution in [-0.4, -0.2) is 64.8 Å². The first-order valence-corrected chi connectivity index (χ1v) is 14.3. The number of benzene rings is 2. The van der Waals surface area contributed by atoms with Gasteiger partial charge in [-0.1, -0.05) is 30.3 Å². The first-order chi connectivity index (χ1) is 20.7. The number of ether oxygens (including phenoxy) is 2. The van der Waals surface area contributed by atoms with E-state index in [0.29, 0.717) is 36.7 Å². The van der Waals surface area contributed by atoms with Gasteiger partial charge in [0.1, 0.15) is 12.4 Å². The summed E-state index contributed by atoms with van der Waals surface area (Å²) in [6, 6.07) is 17.2. The smallest absolute Gasteiger partial charge is 0.494 e. The van der Waals surface area contributed by atoms with E-state index >= 15 is 0 Å². The van der Waals surface area contributed by atoms with Crippen LogP contribution in [0.4, 0.5) is 0 Å². The number of carbonyl (C=O) groups excluding carboxylic acids is 1. The Labute approximate surface area is 251 Å². The monoisotopic (exact) mass is 585 g/mol. The molecule has 224 valence electrons. The molecule has 3 heterocycles. The Morgan fingerprint density at radius 1 is 1.00 bits per heavy atom. The fourth-order valence-electron chi connectivity index (χ4n) is 5.21. The van der Waals surface area contributed by atoms with Crippen LogP contribution in [-0.2, 0) is 20.7 Å². The third-order valence-electron chi connectivity index (χ3n) is 7.22. The molecule has 1 amide bonds. The molecular weight excluding hydrogens is 549 g/mol. The summed E-state index contributed by atoms with van der Waals surface area (Å²) in [5.74, 6) is 0.786. The van der Waals surface area contributed by atoms with Gasteiger partial charge in [-0.15, -0.1) is 0 Å². The van der Waals surface area contributed by atoms with E-state index in [1.165, 1.54) is 17.3 Å². The lowest BCUT2D eigenvalue weighted by Crippen LogP contribution is -2.37. The summed E-state index contributed by atoms with van der Waals surface area (Å²) in [7, 11) is 0.597. The highest BCUT2D eigenvalue weighted by Gasteiger charge is 2.29. The van der Waals surface area contributed by atoms with E-state index in [2.05, 4.69) is 19.1 Å². The molecular formula is C32H36BN3O7. The van der Waals surface area contributed by atoms with Gasteiger partial charge in [-0.05, 0) is 61.6 Å². The van der Waals surface area contributed by atoms with Gasteiger partial charge in [0.2, 0.25) is 11.8 Å². The molecule has 2 aliphatic rings. The van der Waals surface area contributed by atoms with Gasteiger partial charge in [0.25, 0.3) is 11.9 Å². The van der Waals surface area contributed by atoms with Crippen LogP contribution < -0.4 is 14.9 Å². The van der Waals surface area contributed by atoms with Crippen molar-refractivity contribution in [1.82, 2.24) is 14.8 Å². The molecule has 0 spiro atoms. The van der Waals surface area contributed by atoms with Gasteiger partial charge in [-0.3, -0.25) is 4.79 Å². The van der Waals surface area contributed by atoms with Gasteiger partial charge < -0.3 is 38.8 Å². The molecule has 1 aromatic heterocycles. The van der Waals surface area contributed by atoms with E-state index in [9.17, 15) is 15.0 Å². The predicted molar refractivity (Wildman–Crippen MR) is 163 cm³/mol. The molecule has 0 atom stereocenters. The average molecular weight is 585 g/mol. The fourth-order valence-corrected chi connectivity index (χ4v) is 5.21. The van der Waals surface area contributed by atoms with E-state index in [1.54, 1.807) is 31.3 Å². The van der Waals surface area contributed by atoms with E-state index in [1.807, 2.05) is 30.0 Å². The Morgan fingerprint density at radius 3 is 2.42 bits per heavy atom. The number of nitrogens with zero attached hydrogens (tertiary/aromatic N) is 3. The second-order valence-electron chi connectivity index (χ2n) is 10.7. The molecule has 2 N–H and O–H groups in total. The molecule has 0 unspecified atom stereocenters. The SMILES string of the molecule is Cc1cc(OCCCN2CCCC2=O)nc(C)c1-c1cccc(COc2ccc(B3OC(O)=CN(C)/C=C(/O)O3)cc2)c1. The number of rotatable bonds is 10. The molecule has 0 saturated carbocycles. The molecule has 11 heteroatoms. The summed E-state index contributed by atoms with van der Waals surface area (Å²) in [4.78, 5) is 19.8. The van der Waals surface area contributed by atoms with Crippen molar-refractivity contribution in [2.45, 2.75) is 39.7 Å². The van der Waals surface area contributed by atoms with Crippen LogP contribution >= 0.6 is 0 Å². The number of aliphatic hydroxyl groups excluding tert-OH is 2. The first-order valence-electron chi connectivity index (χ1n) is 14.3. The van der Waals surface area contributed by atoms with E-state index in [0.717, 1.165) is 53.9 Å². The van der Waals surface area contributed by atoms with E-state index in [-0.39, 0.29) is 17.8 Å². The molecule has 2 aliphatic heterocycles. The molecule has 0 aliphatic carbocycles. The summed E-state index contributed by atoms with van der Waals surface area (Å²) in [5.41, 5.74) is 5.64. The zero-order valence-corrected chi connectivity index (χ0v) is 24.7. The Balaban J connectivity index is 1.18. The zero-order chi connectivity index (χ0) is 30.3. The second-order valence-corrected chi connectivity index (χ2v) is 10.7. The lowest BCUT2D eigenvalue weighted by Gasteiger charge is -2.20. The largest absolute Gasteiger partial charge is 0.636 e. The number of carbonyl (C=O) groups is 1. The quantitative estimate of drug-likeness (QED) is 0.258. The Kier molecular flexibility index (Phi) is 9.29. The maximum Gasteiger partial charge on any atom is 0.636 e. The normalized spacial score (nSPS) is 16.4.